The van der Waals surface area contributed by atoms with E-state index in [1.807, 2.05) is 36.4 Å². The number of nitrogens with zero attached hydrogens (tertiary/aromatic N) is 1. The van der Waals surface area contributed by atoms with Crippen molar-refractivity contribution in [2.24, 2.45) is 5.92 Å². The van der Waals surface area contributed by atoms with E-state index in [1.165, 1.54) is 0 Å². The van der Waals surface area contributed by atoms with Gasteiger partial charge in [-0.25, -0.2) is 0 Å². The monoisotopic (exact) mass is 315 g/mol. The summed E-state index contributed by atoms with van der Waals surface area (Å²) in [4.78, 5) is 14.3. The van der Waals surface area contributed by atoms with Crippen molar-refractivity contribution in [2.75, 3.05) is 20.8 Å². The topological polar surface area (TPSA) is 62.9 Å². The lowest BCUT2D eigenvalue weighted by Gasteiger charge is -2.27. The molecule has 1 saturated carbocycles. The first-order valence-corrected chi connectivity index (χ1v) is 7.70. The Kier molecular flexibility index (Phi) is 4.39. The molecule has 23 heavy (non-hydrogen) atoms. The number of aliphatic hydroxyl groups excluding tert-OH is 1. The van der Waals surface area contributed by atoms with Crippen molar-refractivity contribution >= 4 is 5.91 Å². The van der Waals surface area contributed by atoms with Gasteiger partial charge in [0.05, 0.1) is 26.0 Å². The van der Waals surface area contributed by atoms with Crippen molar-refractivity contribution in [2.45, 2.75) is 18.4 Å². The maximum absolute atomic E-state index is 12.7. The number of hydrogen-bond acceptors (Lipinski definition) is 4. The van der Waals surface area contributed by atoms with Gasteiger partial charge in [-0.15, -0.1) is 0 Å². The lowest BCUT2D eigenvalue weighted by atomic mass is 10.1. The van der Waals surface area contributed by atoms with E-state index < -0.39 is 0 Å². The highest BCUT2D eigenvalue weighted by Gasteiger charge is 2.47. The lowest BCUT2D eigenvalue weighted by Crippen LogP contribution is -2.34. The molecule has 1 aromatic heterocycles. The second-order valence-electron chi connectivity index (χ2n) is 5.88. The minimum absolute atomic E-state index is 0.0428. The third-order valence-corrected chi connectivity index (χ3v) is 4.50. The molecule has 1 aliphatic rings. The zero-order valence-corrected chi connectivity index (χ0v) is 13.3. The van der Waals surface area contributed by atoms with Crippen LogP contribution in [0.25, 0.3) is 0 Å². The Bertz CT molecular complexity index is 650. The van der Waals surface area contributed by atoms with Crippen molar-refractivity contribution in [3.05, 3.63) is 54.0 Å². The number of carbonyl (C=O) groups excluding carboxylic acids is 1. The van der Waals surface area contributed by atoms with E-state index in [-0.39, 0.29) is 30.4 Å². The van der Waals surface area contributed by atoms with Gasteiger partial charge in [0.1, 0.15) is 11.5 Å². The molecular weight excluding hydrogens is 294 g/mol. The summed E-state index contributed by atoms with van der Waals surface area (Å²) in [7, 11) is 3.35. The molecule has 3 atom stereocenters. The van der Waals surface area contributed by atoms with Gasteiger partial charge >= 0.3 is 0 Å². The summed E-state index contributed by atoms with van der Waals surface area (Å²) in [6.07, 6.45) is 2.43. The molecule has 1 N–H and O–H groups in total. The standard InChI is InChI=1S/C18H21NO4/c1-19(16(11-20)12-5-7-13(22-2)8-6-12)18(21)15-10-14(15)17-4-3-9-23-17/h3-9,14-16,20H,10-11H2,1-2H3. The molecule has 3 unspecified atom stereocenters. The van der Waals surface area contributed by atoms with Crippen LogP contribution >= 0.6 is 0 Å². The van der Waals surface area contributed by atoms with E-state index in [1.54, 1.807) is 25.3 Å². The number of benzene rings is 1. The second-order valence-corrected chi connectivity index (χ2v) is 5.88. The summed E-state index contributed by atoms with van der Waals surface area (Å²) in [6.45, 7) is -0.118. The van der Waals surface area contributed by atoms with E-state index >= 15 is 0 Å². The number of carbonyl (C=O) groups is 1. The molecule has 122 valence electrons. The maximum atomic E-state index is 12.7. The third-order valence-electron chi connectivity index (χ3n) is 4.50. The van der Waals surface area contributed by atoms with Crippen LogP contribution < -0.4 is 4.74 Å². The molecule has 1 aliphatic carbocycles. The molecule has 3 rings (SSSR count). The number of hydrogen-bond donors (Lipinski definition) is 1. The van der Waals surface area contributed by atoms with Gasteiger partial charge in [-0.3, -0.25) is 4.79 Å². The Morgan fingerprint density at radius 3 is 2.70 bits per heavy atom. The van der Waals surface area contributed by atoms with E-state index in [0.717, 1.165) is 23.5 Å². The maximum Gasteiger partial charge on any atom is 0.226 e. The molecule has 0 radical (unpaired) electrons. The number of furan rings is 1. The highest BCUT2D eigenvalue weighted by atomic mass is 16.5. The summed E-state index contributed by atoms with van der Waals surface area (Å²) in [5.41, 5.74) is 0.888. The molecule has 5 heteroatoms. The first-order valence-electron chi connectivity index (χ1n) is 7.70. The lowest BCUT2D eigenvalue weighted by molar-refractivity contribution is -0.134. The second kappa shape index (κ2) is 6.46. The zero-order chi connectivity index (χ0) is 16.4. The number of ether oxygens (including phenoxy) is 1. The van der Waals surface area contributed by atoms with Crippen molar-refractivity contribution < 1.29 is 19.1 Å². The van der Waals surface area contributed by atoms with Crippen molar-refractivity contribution in [3.8, 4) is 5.75 Å². The van der Waals surface area contributed by atoms with Gasteiger partial charge < -0.3 is 19.2 Å². The molecule has 0 bridgehead atoms. The smallest absolute Gasteiger partial charge is 0.226 e. The zero-order valence-electron chi connectivity index (χ0n) is 13.3. The summed E-state index contributed by atoms with van der Waals surface area (Å²) in [5.74, 6) is 1.76. The number of methoxy groups -OCH3 is 1. The van der Waals surface area contributed by atoms with Gasteiger partial charge in [0.15, 0.2) is 0 Å². The largest absolute Gasteiger partial charge is 0.497 e. The fourth-order valence-electron chi connectivity index (χ4n) is 2.98. The SMILES string of the molecule is COc1ccc(C(CO)N(C)C(=O)C2CC2c2ccco2)cc1. The van der Waals surface area contributed by atoms with Crippen LogP contribution in [-0.2, 0) is 4.79 Å². The summed E-state index contributed by atoms with van der Waals surface area (Å²) in [6, 6.07) is 10.8. The Balaban J connectivity index is 1.69. The Labute approximate surface area is 135 Å². The minimum atomic E-state index is -0.355. The summed E-state index contributed by atoms with van der Waals surface area (Å²) in [5, 5.41) is 9.73. The van der Waals surface area contributed by atoms with E-state index in [4.69, 9.17) is 9.15 Å². The normalized spacial score (nSPS) is 20.8. The van der Waals surface area contributed by atoms with Crippen LogP contribution in [0.15, 0.2) is 47.1 Å². The van der Waals surface area contributed by atoms with Crippen LogP contribution in [0.3, 0.4) is 0 Å². The first-order chi connectivity index (χ1) is 11.2. The number of rotatable bonds is 6. The fraction of sp³-hybridized carbons (Fsp3) is 0.389. The van der Waals surface area contributed by atoms with E-state index in [0.29, 0.717) is 0 Å². The molecule has 2 aromatic rings. The minimum Gasteiger partial charge on any atom is -0.497 e. The van der Waals surface area contributed by atoms with Gasteiger partial charge in [0.25, 0.3) is 0 Å². The molecule has 0 aliphatic heterocycles. The van der Waals surface area contributed by atoms with Crippen LogP contribution in [0.5, 0.6) is 5.75 Å². The van der Waals surface area contributed by atoms with E-state index in [2.05, 4.69) is 0 Å². The van der Waals surface area contributed by atoms with Gasteiger partial charge in [0.2, 0.25) is 5.91 Å². The number of aliphatic hydroxyl groups is 1. The summed E-state index contributed by atoms with van der Waals surface area (Å²) < 4.78 is 10.5. The highest BCUT2D eigenvalue weighted by molar-refractivity contribution is 5.83. The Hall–Kier alpha value is -2.27. The molecule has 1 heterocycles. The average molecular weight is 315 g/mol. The molecule has 0 saturated heterocycles. The molecule has 1 aromatic carbocycles. The molecule has 5 nitrogen and oxygen atoms in total. The van der Waals surface area contributed by atoms with E-state index in [9.17, 15) is 9.90 Å². The highest BCUT2D eigenvalue weighted by Crippen LogP contribution is 2.49. The average Bonchev–Trinajstić information content (AvgIpc) is 3.20. The van der Waals surface area contributed by atoms with Crippen molar-refractivity contribution in [3.63, 3.8) is 0 Å². The number of likely N-dealkylation sites (N-methyl/N-ethyl adjacent to an activating group) is 1. The van der Waals surface area contributed by atoms with Crippen LogP contribution in [0, 0.1) is 5.92 Å². The fourth-order valence-corrected chi connectivity index (χ4v) is 2.98. The summed E-state index contributed by atoms with van der Waals surface area (Å²) >= 11 is 0. The van der Waals surface area contributed by atoms with Crippen molar-refractivity contribution in [1.82, 2.24) is 4.90 Å². The Morgan fingerprint density at radius 1 is 1.39 bits per heavy atom. The van der Waals surface area contributed by atoms with Crippen molar-refractivity contribution in [1.29, 1.82) is 0 Å². The Morgan fingerprint density at radius 2 is 2.13 bits per heavy atom. The molecule has 1 amide bonds. The van der Waals surface area contributed by atoms with Gasteiger partial charge in [-0.2, -0.15) is 0 Å². The molecule has 1 fully saturated rings. The van der Waals surface area contributed by atoms with Gasteiger partial charge in [-0.1, -0.05) is 12.1 Å². The predicted molar refractivity (Wildman–Crippen MR) is 85.1 cm³/mol. The van der Waals surface area contributed by atoms with Crippen LogP contribution in [0.1, 0.15) is 29.7 Å². The van der Waals surface area contributed by atoms with Gasteiger partial charge in [0, 0.05) is 18.9 Å². The molecule has 0 spiro atoms. The third kappa shape index (κ3) is 3.10. The van der Waals surface area contributed by atoms with Crippen LogP contribution in [-0.4, -0.2) is 36.7 Å². The van der Waals surface area contributed by atoms with Gasteiger partial charge in [-0.05, 0) is 36.2 Å². The van der Waals surface area contributed by atoms with Crippen LogP contribution in [0.4, 0.5) is 0 Å². The number of amides is 1. The quantitative estimate of drug-likeness (QED) is 0.890. The van der Waals surface area contributed by atoms with Crippen LogP contribution in [0.2, 0.25) is 0 Å². The molecular formula is C18H21NO4. The first kappa shape index (κ1) is 15.6. The predicted octanol–water partition coefficient (Wildman–Crippen LogP) is 2.58.